The lowest BCUT2D eigenvalue weighted by atomic mass is 10.2. The largest absolute Gasteiger partial charge is 0.385 e. The molecule has 21 heavy (non-hydrogen) atoms. The first-order valence-electron chi connectivity index (χ1n) is 6.68. The second-order valence-electron chi connectivity index (χ2n) is 4.38. The third kappa shape index (κ3) is 4.09. The normalized spacial score (nSPS) is 10.8. The molecule has 6 heteroatoms. The lowest BCUT2D eigenvalue weighted by Gasteiger charge is -2.10. The van der Waals surface area contributed by atoms with Crippen LogP contribution in [0.1, 0.15) is 6.42 Å². The molecule has 0 N–H and O–H groups in total. The molecular weight excluding hydrogens is 306 g/mol. The topological polar surface area (TPSA) is 39.9 Å². The van der Waals surface area contributed by atoms with Crippen molar-refractivity contribution >= 4 is 23.4 Å². The summed E-state index contributed by atoms with van der Waals surface area (Å²) < 4.78 is 7.22. The van der Waals surface area contributed by atoms with Gasteiger partial charge < -0.3 is 9.30 Å². The molecule has 4 nitrogen and oxygen atoms in total. The van der Waals surface area contributed by atoms with Crippen molar-refractivity contribution in [3.05, 3.63) is 41.9 Å². The Hall–Kier alpha value is -1.30. The Morgan fingerprint density at radius 2 is 2.19 bits per heavy atom. The predicted molar refractivity (Wildman–Crippen MR) is 87.9 cm³/mol. The van der Waals surface area contributed by atoms with E-state index in [1.165, 1.54) is 0 Å². The number of nitrogens with zero attached hydrogens (tertiary/aromatic N) is 3. The van der Waals surface area contributed by atoms with Crippen molar-refractivity contribution < 1.29 is 4.74 Å². The number of benzene rings is 1. The van der Waals surface area contributed by atoms with Crippen LogP contribution in [-0.4, -0.2) is 34.2 Å². The second kappa shape index (κ2) is 8.22. The Kier molecular flexibility index (Phi) is 6.29. The van der Waals surface area contributed by atoms with Crippen molar-refractivity contribution in [3.63, 3.8) is 0 Å². The average molecular weight is 324 g/mol. The molecule has 0 amide bonds. The van der Waals surface area contributed by atoms with Crippen LogP contribution in [-0.2, 0) is 11.3 Å². The van der Waals surface area contributed by atoms with E-state index >= 15 is 0 Å². The Bertz CT molecular complexity index is 600. The standard InChI is InChI=1S/C15H18ClN3OS/c1-3-11-21-15-18-17-14(19(15)9-6-10-20-2)12-7-4-5-8-13(12)16/h3-5,7-8H,1,6,9-11H2,2H3. The number of ether oxygens (including phenoxy) is 1. The Morgan fingerprint density at radius 1 is 1.38 bits per heavy atom. The highest BCUT2D eigenvalue weighted by Gasteiger charge is 2.15. The number of aromatic nitrogens is 3. The highest BCUT2D eigenvalue weighted by Crippen LogP contribution is 2.29. The lowest BCUT2D eigenvalue weighted by Crippen LogP contribution is -2.05. The van der Waals surface area contributed by atoms with Gasteiger partial charge in [-0.3, -0.25) is 0 Å². The van der Waals surface area contributed by atoms with Crippen molar-refractivity contribution in [2.24, 2.45) is 0 Å². The van der Waals surface area contributed by atoms with Gasteiger partial charge in [0.05, 0.1) is 5.02 Å². The van der Waals surface area contributed by atoms with Gasteiger partial charge in [-0.15, -0.1) is 16.8 Å². The van der Waals surface area contributed by atoms with Crippen LogP contribution in [0.2, 0.25) is 5.02 Å². The van der Waals surface area contributed by atoms with Crippen LogP contribution in [0.4, 0.5) is 0 Å². The molecule has 112 valence electrons. The first-order valence-corrected chi connectivity index (χ1v) is 8.05. The van der Waals surface area contributed by atoms with E-state index in [0.29, 0.717) is 11.6 Å². The van der Waals surface area contributed by atoms with E-state index in [4.69, 9.17) is 16.3 Å². The lowest BCUT2D eigenvalue weighted by molar-refractivity contribution is 0.189. The van der Waals surface area contributed by atoms with Gasteiger partial charge in [0.15, 0.2) is 11.0 Å². The van der Waals surface area contributed by atoms with E-state index in [1.54, 1.807) is 18.9 Å². The van der Waals surface area contributed by atoms with Crippen LogP contribution in [0.5, 0.6) is 0 Å². The molecule has 0 saturated heterocycles. The van der Waals surface area contributed by atoms with Gasteiger partial charge in [0, 0.05) is 31.6 Å². The molecule has 2 aromatic rings. The maximum absolute atomic E-state index is 6.28. The molecule has 0 fully saturated rings. The highest BCUT2D eigenvalue weighted by atomic mass is 35.5. The van der Waals surface area contributed by atoms with Crippen LogP contribution in [0.3, 0.4) is 0 Å². The fraction of sp³-hybridized carbons (Fsp3) is 0.333. The number of halogens is 1. The van der Waals surface area contributed by atoms with Crippen LogP contribution >= 0.6 is 23.4 Å². The molecule has 0 radical (unpaired) electrons. The van der Waals surface area contributed by atoms with Gasteiger partial charge in [-0.25, -0.2) is 0 Å². The summed E-state index contributed by atoms with van der Waals surface area (Å²) in [5.74, 6) is 1.59. The van der Waals surface area contributed by atoms with E-state index in [9.17, 15) is 0 Å². The van der Waals surface area contributed by atoms with Crippen LogP contribution in [0.25, 0.3) is 11.4 Å². The van der Waals surface area contributed by atoms with Gasteiger partial charge >= 0.3 is 0 Å². The Balaban J connectivity index is 2.33. The summed E-state index contributed by atoms with van der Waals surface area (Å²) in [6, 6.07) is 7.68. The van der Waals surface area contributed by atoms with Crippen molar-refractivity contribution in [2.75, 3.05) is 19.5 Å². The van der Waals surface area contributed by atoms with Crippen LogP contribution in [0.15, 0.2) is 42.1 Å². The molecule has 0 unspecified atom stereocenters. The first-order chi connectivity index (χ1) is 10.3. The van der Waals surface area contributed by atoms with E-state index in [1.807, 2.05) is 30.3 Å². The number of thioether (sulfide) groups is 1. The van der Waals surface area contributed by atoms with E-state index in [0.717, 1.165) is 35.3 Å². The summed E-state index contributed by atoms with van der Waals surface area (Å²) in [5.41, 5.74) is 0.898. The molecule has 0 aliphatic carbocycles. The SMILES string of the molecule is C=CCSc1nnc(-c2ccccc2Cl)n1CCCOC. The molecule has 0 bridgehead atoms. The zero-order chi connectivity index (χ0) is 15.1. The minimum absolute atomic E-state index is 0.679. The fourth-order valence-corrected chi connectivity index (χ4v) is 2.86. The third-order valence-corrected chi connectivity index (χ3v) is 4.18. The highest BCUT2D eigenvalue weighted by molar-refractivity contribution is 7.99. The fourth-order valence-electron chi connectivity index (χ4n) is 1.94. The molecule has 2 rings (SSSR count). The average Bonchev–Trinajstić information content (AvgIpc) is 2.89. The predicted octanol–water partition coefficient (Wildman–Crippen LogP) is 3.91. The zero-order valence-corrected chi connectivity index (χ0v) is 13.5. The van der Waals surface area contributed by atoms with Gasteiger partial charge in [0.25, 0.3) is 0 Å². The number of rotatable bonds is 8. The summed E-state index contributed by atoms with van der Waals surface area (Å²) in [6.45, 7) is 5.23. The van der Waals surface area contributed by atoms with E-state index in [-0.39, 0.29) is 0 Å². The van der Waals surface area contributed by atoms with Gasteiger partial charge in [0.1, 0.15) is 0 Å². The molecule has 0 atom stereocenters. The zero-order valence-electron chi connectivity index (χ0n) is 12.0. The summed E-state index contributed by atoms with van der Waals surface area (Å²) in [5, 5.41) is 10.1. The van der Waals surface area contributed by atoms with E-state index < -0.39 is 0 Å². The summed E-state index contributed by atoms with van der Waals surface area (Å²) in [4.78, 5) is 0. The number of hydrogen-bond acceptors (Lipinski definition) is 4. The van der Waals surface area contributed by atoms with Gasteiger partial charge in [-0.05, 0) is 18.6 Å². The summed E-state index contributed by atoms with van der Waals surface area (Å²) in [7, 11) is 1.70. The van der Waals surface area contributed by atoms with Crippen LogP contribution in [0, 0.1) is 0 Å². The van der Waals surface area contributed by atoms with Crippen molar-refractivity contribution in [2.45, 2.75) is 18.1 Å². The molecule has 0 aliphatic heterocycles. The second-order valence-corrected chi connectivity index (χ2v) is 5.78. The quantitative estimate of drug-likeness (QED) is 0.419. The monoisotopic (exact) mass is 323 g/mol. The molecule has 1 heterocycles. The Labute approximate surface area is 134 Å². The Morgan fingerprint density at radius 3 is 2.90 bits per heavy atom. The minimum Gasteiger partial charge on any atom is -0.385 e. The molecule has 1 aromatic heterocycles. The molecular formula is C15H18ClN3OS. The van der Waals surface area contributed by atoms with Crippen molar-refractivity contribution in [1.29, 1.82) is 0 Å². The van der Waals surface area contributed by atoms with Crippen molar-refractivity contribution in [3.8, 4) is 11.4 Å². The maximum atomic E-state index is 6.28. The summed E-state index contributed by atoms with van der Waals surface area (Å²) in [6.07, 6.45) is 2.75. The third-order valence-electron chi connectivity index (χ3n) is 2.89. The molecule has 0 spiro atoms. The van der Waals surface area contributed by atoms with Gasteiger partial charge in [-0.2, -0.15) is 0 Å². The van der Waals surface area contributed by atoms with E-state index in [2.05, 4.69) is 21.3 Å². The minimum atomic E-state index is 0.679. The number of hydrogen-bond donors (Lipinski definition) is 0. The van der Waals surface area contributed by atoms with Crippen LogP contribution < -0.4 is 0 Å². The van der Waals surface area contributed by atoms with Gasteiger partial charge in [-0.1, -0.05) is 41.6 Å². The molecule has 0 saturated carbocycles. The van der Waals surface area contributed by atoms with Gasteiger partial charge in [0.2, 0.25) is 0 Å². The summed E-state index contributed by atoms with van der Waals surface area (Å²) >= 11 is 7.89. The molecule has 1 aromatic carbocycles. The maximum Gasteiger partial charge on any atom is 0.191 e. The molecule has 0 aliphatic rings. The number of methoxy groups -OCH3 is 1. The smallest absolute Gasteiger partial charge is 0.191 e. The first kappa shape index (κ1) is 16.1. The van der Waals surface area contributed by atoms with Crippen molar-refractivity contribution in [1.82, 2.24) is 14.8 Å².